The molecule has 126 valence electrons. The molecule has 2 nitrogen and oxygen atoms in total. The molecule has 3 heteroatoms. The Labute approximate surface area is 158 Å². The number of hydrogen-bond donors (Lipinski definition) is 0. The van der Waals surface area contributed by atoms with Crippen LogP contribution in [0.2, 0.25) is 5.02 Å². The third-order valence-corrected chi connectivity index (χ3v) is 6.10. The van der Waals surface area contributed by atoms with Crippen LogP contribution in [0.5, 0.6) is 0 Å². The molecule has 0 atom stereocenters. The summed E-state index contributed by atoms with van der Waals surface area (Å²) in [5.74, 6) is 0. The molecule has 0 unspecified atom stereocenters. The van der Waals surface area contributed by atoms with Crippen molar-refractivity contribution in [1.29, 1.82) is 0 Å². The SMILES string of the molecule is Clc1cccc2oc3cc4c5cccc6c7ccccc7n(c4cc3c12)c65. The first-order valence-corrected chi connectivity index (χ1v) is 9.37. The lowest BCUT2D eigenvalue weighted by atomic mass is 10.1. The van der Waals surface area contributed by atoms with Gasteiger partial charge in [-0.1, -0.05) is 54.1 Å². The van der Waals surface area contributed by atoms with Crippen LogP contribution in [0, 0.1) is 0 Å². The Hall–Kier alpha value is -3.23. The summed E-state index contributed by atoms with van der Waals surface area (Å²) < 4.78 is 8.50. The maximum Gasteiger partial charge on any atom is 0.136 e. The first-order chi connectivity index (χ1) is 13.3. The number of furan rings is 1. The molecule has 0 bridgehead atoms. The minimum absolute atomic E-state index is 0.726. The lowest BCUT2D eigenvalue weighted by molar-refractivity contribution is 0.669. The smallest absolute Gasteiger partial charge is 0.136 e. The van der Waals surface area contributed by atoms with Crippen molar-refractivity contribution in [2.45, 2.75) is 0 Å². The second-order valence-corrected chi connectivity index (χ2v) is 7.54. The van der Waals surface area contributed by atoms with Gasteiger partial charge >= 0.3 is 0 Å². The van der Waals surface area contributed by atoms with E-state index in [1.807, 2.05) is 18.2 Å². The lowest BCUT2D eigenvalue weighted by Gasteiger charge is -1.98. The lowest BCUT2D eigenvalue weighted by Crippen LogP contribution is -1.80. The molecule has 0 saturated carbocycles. The largest absolute Gasteiger partial charge is 0.456 e. The molecule has 0 amide bonds. The quantitative estimate of drug-likeness (QED) is 0.274. The van der Waals surface area contributed by atoms with E-state index < -0.39 is 0 Å². The predicted octanol–water partition coefficient (Wildman–Crippen LogP) is 7.39. The Kier molecular flexibility index (Phi) is 2.34. The van der Waals surface area contributed by atoms with Crippen LogP contribution in [0.3, 0.4) is 0 Å². The Morgan fingerprint density at radius 3 is 2.33 bits per heavy atom. The van der Waals surface area contributed by atoms with E-state index in [0.29, 0.717) is 0 Å². The van der Waals surface area contributed by atoms with Gasteiger partial charge in [-0.3, -0.25) is 0 Å². The van der Waals surface area contributed by atoms with Gasteiger partial charge in [-0.15, -0.1) is 0 Å². The van der Waals surface area contributed by atoms with Gasteiger partial charge in [0.25, 0.3) is 0 Å². The van der Waals surface area contributed by atoms with Crippen molar-refractivity contribution in [3.8, 4) is 0 Å². The molecule has 4 aromatic carbocycles. The summed E-state index contributed by atoms with van der Waals surface area (Å²) in [5.41, 5.74) is 5.41. The third-order valence-electron chi connectivity index (χ3n) is 5.79. The fraction of sp³-hybridized carbons (Fsp3) is 0. The van der Waals surface area contributed by atoms with E-state index in [1.165, 1.54) is 38.1 Å². The molecule has 7 aromatic rings. The van der Waals surface area contributed by atoms with E-state index in [1.54, 1.807) is 0 Å². The van der Waals surface area contributed by atoms with Crippen LogP contribution in [-0.2, 0) is 0 Å². The number of halogens is 1. The van der Waals surface area contributed by atoms with Gasteiger partial charge in [0.15, 0.2) is 0 Å². The summed E-state index contributed by atoms with van der Waals surface area (Å²) in [7, 11) is 0. The summed E-state index contributed by atoms with van der Waals surface area (Å²) in [4.78, 5) is 0. The van der Waals surface area contributed by atoms with Gasteiger partial charge in [-0.2, -0.15) is 0 Å². The zero-order chi connectivity index (χ0) is 17.7. The van der Waals surface area contributed by atoms with Crippen molar-refractivity contribution in [2.75, 3.05) is 0 Å². The third kappa shape index (κ3) is 1.54. The van der Waals surface area contributed by atoms with Crippen LogP contribution in [0.4, 0.5) is 0 Å². The van der Waals surface area contributed by atoms with E-state index >= 15 is 0 Å². The normalized spacial score (nSPS) is 12.6. The maximum atomic E-state index is 6.51. The van der Waals surface area contributed by atoms with E-state index in [0.717, 1.165) is 27.0 Å². The number of hydrogen-bond acceptors (Lipinski definition) is 1. The number of aromatic nitrogens is 1. The van der Waals surface area contributed by atoms with E-state index in [-0.39, 0.29) is 0 Å². The summed E-state index contributed by atoms with van der Waals surface area (Å²) >= 11 is 6.51. The van der Waals surface area contributed by atoms with Crippen LogP contribution < -0.4 is 0 Å². The maximum absolute atomic E-state index is 6.51. The molecule has 27 heavy (non-hydrogen) atoms. The van der Waals surface area contributed by atoms with Crippen LogP contribution in [-0.4, -0.2) is 4.40 Å². The number of nitrogens with zero attached hydrogens (tertiary/aromatic N) is 1. The van der Waals surface area contributed by atoms with Crippen LogP contribution >= 0.6 is 11.6 Å². The van der Waals surface area contributed by atoms with Crippen LogP contribution in [0.15, 0.2) is 77.2 Å². The zero-order valence-electron chi connectivity index (χ0n) is 14.2. The Balaban J connectivity index is 1.84. The molecular weight excluding hydrogens is 354 g/mol. The fourth-order valence-electron chi connectivity index (χ4n) is 4.70. The standard InChI is InChI=1S/C24H12ClNO/c25-18-8-4-10-21-23(18)17-11-20-16(12-22(17)27-21)15-7-3-6-14-13-5-1-2-9-19(13)26(20)24(14)15/h1-12H. The highest BCUT2D eigenvalue weighted by Gasteiger charge is 2.19. The van der Waals surface area contributed by atoms with Gasteiger partial charge in [0.2, 0.25) is 0 Å². The van der Waals surface area contributed by atoms with Crippen molar-refractivity contribution in [2.24, 2.45) is 0 Å². The van der Waals surface area contributed by atoms with Crippen LogP contribution in [0.1, 0.15) is 0 Å². The molecule has 0 saturated heterocycles. The zero-order valence-corrected chi connectivity index (χ0v) is 14.9. The van der Waals surface area contributed by atoms with Crippen molar-refractivity contribution in [1.82, 2.24) is 4.40 Å². The number of para-hydroxylation sites is 2. The van der Waals surface area contributed by atoms with E-state index in [9.17, 15) is 0 Å². The first kappa shape index (κ1) is 13.9. The number of benzene rings is 4. The van der Waals surface area contributed by atoms with Gasteiger partial charge in [0, 0.05) is 32.3 Å². The molecule has 0 radical (unpaired) electrons. The van der Waals surface area contributed by atoms with E-state index in [2.05, 4.69) is 59.0 Å². The topological polar surface area (TPSA) is 17.6 Å². The average molecular weight is 366 g/mol. The average Bonchev–Trinajstić information content (AvgIpc) is 3.33. The van der Waals surface area contributed by atoms with Gasteiger partial charge in [-0.05, 0) is 30.3 Å². The molecule has 0 N–H and O–H groups in total. The molecule has 7 rings (SSSR count). The monoisotopic (exact) mass is 365 g/mol. The first-order valence-electron chi connectivity index (χ1n) is 8.99. The Bertz CT molecular complexity index is 1690. The molecule has 0 aliphatic carbocycles. The van der Waals surface area contributed by atoms with Crippen molar-refractivity contribution in [3.63, 3.8) is 0 Å². The molecule has 0 fully saturated rings. The second kappa shape index (κ2) is 4.54. The van der Waals surface area contributed by atoms with Crippen molar-refractivity contribution in [3.05, 3.63) is 77.8 Å². The Morgan fingerprint density at radius 2 is 1.41 bits per heavy atom. The molecule has 0 spiro atoms. The van der Waals surface area contributed by atoms with Crippen molar-refractivity contribution >= 4 is 71.6 Å². The fourth-order valence-corrected chi connectivity index (χ4v) is 4.97. The van der Waals surface area contributed by atoms with Gasteiger partial charge in [0.05, 0.1) is 21.6 Å². The van der Waals surface area contributed by atoms with Gasteiger partial charge in [0.1, 0.15) is 11.2 Å². The highest BCUT2D eigenvalue weighted by molar-refractivity contribution is 6.38. The minimum Gasteiger partial charge on any atom is -0.456 e. The molecule has 3 heterocycles. The summed E-state index contributed by atoms with van der Waals surface area (Å²) in [5, 5.41) is 7.82. The summed E-state index contributed by atoms with van der Waals surface area (Å²) in [6.45, 7) is 0. The van der Waals surface area contributed by atoms with Crippen molar-refractivity contribution < 1.29 is 4.42 Å². The molecule has 0 aliphatic rings. The van der Waals surface area contributed by atoms with Gasteiger partial charge in [-0.25, -0.2) is 0 Å². The van der Waals surface area contributed by atoms with E-state index in [4.69, 9.17) is 16.0 Å². The number of fused-ring (bicyclic) bond motifs is 9. The summed E-state index contributed by atoms with van der Waals surface area (Å²) in [6.07, 6.45) is 0. The molecule has 0 aliphatic heterocycles. The molecule has 3 aromatic heterocycles. The predicted molar refractivity (Wildman–Crippen MR) is 113 cm³/mol. The second-order valence-electron chi connectivity index (χ2n) is 7.13. The molecular formula is C24H12ClNO. The summed E-state index contributed by atoms with van der Waals surface area (Å²) in [6, 6.07) is 25.4. The van der Waals surface area contributed by atoms with Gasteiger partial charge < -0.3 is 8.82 Å². The highest BCUT2D eigenvalue weighted by atomic mass is 35.5. The number of rotatable bonds is 0. The van der Waals surface area contributed by atoms with Crippen LogP contribution in [0.25, 0.3) is 60.0 Å². The minimum atomic E-state index is 0.726. The highest BCUT2D eigenvalue weighted by Crippen LogP contribution is 2.42. The Morgan fingerprint density at radius 1 is 0.630 bits per heavy atom.